The molecule has 2 heterocycles. The zero-order valence-electron chi connectivity index (χ0n) is 29.9. The third-order valence-corrected chi connectivity index (χ3v) is 11.0. The van der Waals surface area contributed by atoms with Crippen LogP contribution in [0.15, 0.2) is 211 Å². The minimum Gasteiger partial charge on any atom is -0.456 e. The highest BCUT2D eigenvalue weighted by molar-refractivity contribution is 6.19. The second-order valence-corrected chi connectivity index (χ2v) is 14.1. The molecular formula is C52H34N2O. The summed E-state index contributed by atoms with van der Waals surface area (Å²) in [6.07, 6.45) is 0. The lowest BCUT2D eigenvalue weighted by atomic mass is 9.94. The van der Waals surface area contributed by atoms with Gasteiger partial charge in [0.15, 0.2) is 0 Å². The zero-order chi connectivity index (χ0) is 36.3. The Balaban J connectivity index is 1.20. The van der Waals surface area contributed by atoms with E-state index in [-0.39, 0.29) is 0 Å². The standard InChI is InChI=1S/C52H34N2O/c1-3-14-35(15-4-1)37-18-11-21-39(32-37)53(41-28-30-45-44-23-9-10-27-50(44)55-51(45)34-41)40-29-31-48-47(33-40)52-46(43-24-12-17-36-16-7-8-22-42(36)43)25-13-26-49(52)54(48)38-19-5-2-6-20-38/h1-34H. The minimum atomic E-state index is 0.864. The molecule has 0 saturated carbocycles. The van der Waals surface area contributed by atoms with Crippen LogP contribution >= 0.6 is 0 Å². The smallest absolute Gasteiger partial charge is 0.137 e. The fourth-order valence-electron chi connectivity index (χ4n) is 8.49. The first-order valence-electron chi connectivity index (χ1n) is 18.8. The van der Waals surface area contributed by atoms with Crippen LogP contribution in [0, 0.1) is 0 Å². The Hall–Kier alpha value is -7.36. The monoisotopic (exact) mass is 702 g/mol. The SMILES string of the molecule is c1ccc(-c2cccc(N(c3ccc4c(c3)oc3ccccc34)c3ccc4c(c3)c3c(-c5cccc6ccccc56)cccc3n4-c3ccccc3)c2)cc1. The van der Waals surface area contributed by atoms with Crippen molar-refractivity contribution in [2.24, 2.45) is 0 Å². The first kappa shape index (κ1) is 31.2. The van der Waals surface area contributed by atoms with Crippen molar-refractivity contribution >= 4 is 71.6 Å². The summed E-state index contributed by atoms with van der Waals surface area (Å²) in [4.78, 5) is 2.37. The van der Waals surface area contributed by atoms with Gasteiger partial charge in [-0.1, -0.05) is 133 Å². The number of nitrogens with zero attached hydrogens (tertiary/aromatic N) is 2. The number of hydrogen-bond donors (Lipinski definition) is 0. The highest BCUT2D eigenvalue weighted by Gasteiger charge is 2.21. The molecule has 0 aliphatic rings. The van der Waals surface area contributed by atoms with Crippen LogP contribution in [0.5, 0.6) is 0 Å². The Labute approximate surface area is 318 Å². The normalized spacial score (nSPS) is 11.6. The first-order valence-corrected chi connectivity index (χ1v) is 18.8. The molecule has 0 radical (unpaired) electrons. The molecule has 0 spiro atoms. The van der Waals surface area contributed by atoms with E-state index in [0.29, 0.717) is 0 Å². The molecule has 0 bridgehead atoms. The zero-order valence-corrected chi connectivity index (χ0v) is 29.9. The van der Waals surface area contributed by atoms with Crippen LogP contribution in [0.4, 0.5) is 17.1 Å². The van der Waals surface area contributed by atoms with Gasteiger partial charge in [0.05, 0.1) is 11.0 Å². The van der Waals surface area contributed by atoms with Gasteiger partial charge in [0.1, 0.15) is 11.2 Å². The van der Waals surface area contributed by atoms with E-state index in [1.807, 2.05) is 12.1 Å². The predicted octanol–water partition coefficient (Wildman–Crippen LogP) is 14.6. The number of para-hydroxylation sites is 2. The van der Waals surface area contributed by atoms with E-state index in [1.165, 1.54) is 43.8 Å². The Morgan fingerprint density at radius 2 is 1.00 bits per heavy atom. The van der Waals surface area contributed by atoms with Crippen LogP contribution in [0.25, 0.3) is 82.5 Å². The van der Waals surface area contributed by atoms with E-state index in [2.05, 4.69) is 204 Å². The molecule has 0 fully saturated rings. The van der Waals surface area contributed by atoms with Gasteiger partial charge < -0.3 is 13.9 Å². The molecule has 0 aliphatic heterocycles. The number of aromatic nitrogens is 1. The Bertz CT molecular complexity index is 3200. The third-order valence-electron chi connectivity index (χ3n) is 11.0. The van der Waals surface area contributed by atoms with Crippen LogP contribution < -0.4 is 4.90 Å². The lowest BCUT2D eigenvalue weighted by Crippen LogP contribution is -2.10. The van der Waals surface area contributed by atoms with Crippen molar-refractivity contribution < 1.29 is 4.42 Å². The number of fused-ring (bicyclic) bond motifs is 7. The van der Waals surface area contributed by atoms with Gasteiger partial charge in [-0.05, 0) is 99.8 Å². The highest BCUT2D eigenvalue weighted by Crippen LogP contribution is 2.45. The maximum absolute atomic E-state index is 6.46. The minimum absolute atomic E-state index is 0.864. The van der Waals surface area contributed by atoms with Crippen molar-refractivity contribution in [3.8, 4) is 27.9 Å². The molecule has 3 nitrogen and oxygen atoms in total. The van der Waals surface area contributed by atoms with Crippen molar-refractivity contribution in [1.82, 2.24) is 4.57 Å². The summed E-state index contributed by atoms with van der Waals surface area (Å²) in [5.41, 5.74) is 13.2. The fraction of sp³-hybridized carbons (Fsp3) is 0. The topological polar surface area (TPSA) is 21.3 Å². The summed E-state index contributed by atoms with van der Waals surface area (Å²) in [5, 5.41) is 7.12. The second kappa shape index (κ2) is 12.6. The molecule has 258 valence electrons. The van der Waals surface area contributed by atoms with Crippen molar-refractivity contribution in [3.05, 3.63) is 206 Å². The summed E-state index contributed by atoms with van der Waals surface area (Å²) in [6, 6.07) is 74.0. The average molecular weight is 703 g/mol. The summed E-state index contributed by atoms with van der Waals surface area (Å²) in [7, 11) is 0. The molecule has 3 heteroatoms. The number of hydrogen-bond acceptors (Lipinski definition) is 2. The molecule has 0 N–H and O–H groups in total. The van der Waals surface area contributed by atoms with Gasteiger partial charge in [-0.15, -0.1) is 0 Å². The lowest BCUT2D eigenvalue weighted by molar-refractivity contribution is 0.669. The van der Waals surface area contributed by atoms with Gasteiger partial charge in [-0.2, -0.15) is 0 Å². The summed E-state index contributed by atoms with van der Waals surface area (Å²) in [6.45, 7) is 0. The summed E-state index contributed by atoms with van der Waals surface area (Å²) >= 11 is 0. The van der Waals surface area contributed by atoms with E-state index in [4.69, 9.17) is 4.42 Å². The van der Waals surface area contributed by atoms with E-state index >= 15 is 0 Å². The van der Waals surface area contributed by atoms with E-state index in [9.17, 15) is 0 Å². The molecule has 11 aromatic rings. The van der Waals surface area contributed by atoms with Crippen molar-refractivity contribution in [2.75, 3.05) is 4.90 Å². The first-order chi connectivity index (χ1) is 27.3. The van der Waals surface area contributed by atoms with Crippen LogP contribution in [0.3, 0.4) is 0 Å². The molecule has 0 atom stereocenters. The lowest BCUT2D eigenvalue weighted by Gasteiger charge is -2.26. The van der Waals surface area contributed by atoms with Gasteiger partial charge in [0.25, 0.3) is 0 Å². The predicted molar refractivity (Wildman–Crippen MR) is 231 cm³/mol. The van der Waals surface area contributed by atoms with Gasteiger partial charge >= 0.3 is 0 Å². The molecule has 9 aromatic carbocycles. The number of anilines is 3. The van der Waals surface area contributed by atoms with Crippen molar-refractivity contribution in [3.63, 3.8) is 0 Å². The third kappa shape index (κ3) is 5.13. The summed E-state index contributed by atoms with van der Waals surface area (Å²) < 4.78 is 8.86. The maximum atomic E-state index is 6.46. The summed E-state index contributed by atoms with van der Waals surface area (Å²) in [5.74, 6) is 0. The van der Waals surface area contributed by atoms with Gasteiger partial charge in [0.2, 0.25) is 0 Å². The van der Waals surface area contributed by atoms with Crippen molar-refractivity contribution in [2.45, 2.75) is 0 Å². The molecule has 55 heavy (non-hydrogen) atoms. The molecular weight excluding hydrogens is 669 g/mol. The molecule has 0 saturated heterocycles. The van der Waals surface area contributed by atoms with Crippen LogP contribution in [0.2, 0.25) is 0 Å². The van der Waals surface area contributed by atoms with Gasteiger partial charge in [-0.3, -0.25) is 0 Å². The number of rotatable bonds is 6. The Morgan fingerprint density at radius 3 is 1.89 bits per heavy atom. The second-order valence-electron chi connectivity index (χ2n) is 14.1. The Kier molecular flexibility index (Phi) is 7.17. The number of furan rings is 1. The van der Waals surface area contributed by atoms with Crippen LogP contribution in [-0.2, 0) is 0 Å². The number of benzene rings is 9. The fourth-order valence-corrected chi connectivity index (χ4v) is 8.49. The molecule has 0 aliphatic carbocycles. The van der Waals surface area contributed by atoms with E-state index in [0.717, 1.165) is 55.8 Å². The molecule has 11 rings (SSSR count). The van der Waals surface area contributed by atoms with Gasteiger partial charge in [0, 0.05) is 50.4 Å². The largest absolute Gasteiger partial charge is 0.456 e. The molecule has 0 amide bonds. The maximum Gasteiger partial charge on any atom is 0.137 e. The van der Waals surface area contributed by atoms with E-state index < -0.39 is 0 Å². The highest BCUT2D eigenvalue weighted by atomic mass is 16.3. The van der Waals surface area contributed by atoms with E-state index in [1.54, 1.807) is 0 Å². The van der Waals surface area contributed by atoms with Crippen LogP contribution in [-0.4, -0.2) is 4.57 Å². The Morgan fingerprint density at radius 1 is 0.364 bits per heavy atom. The molecule has 2 aromatic heterocycles. The molecule has 0 unspecified atom stereocenters. The quantitative estimate of drug-likeness (QED) is 0.172. The van der Waals surface area contributed by atoms with Gasteiger partial charge in [-0.25, -0.2) is 0 Å². The average Bonchev–Trinajstić information content (AvgIpc) is 3.79. The van der Waals surface area contributed by atoms with Crippen LogP contribution in [0.1, 0.15) is 0 Å². The van der Waals surface area contributed by atoms with Crippen molar-refractivity contribution in [1.29, 1.82) is 0 Å².